The van der Waals surface area contributed by atoms with Gasteiger partial charge in [-0.25, -0.2) is 4.79 Å². The van der Waals surface area contributed by atoms with Crippen molar-refractivity contribution in [1.82, 2.24) is 4.90 Å². The topological polar surface area (TPSA) is 55.8 Å². The molecular formula is C18H25NO4. The highest BCUT2D eigenvalue weighted by Gasteiger charge is 2.24. The van der Waals surface area contributed by atoms with Crippen molar-refractivity contribution in [2.75, 3.05) is 20.3 Å². The van der Waals surface area contributed by atoms with E-state index in [0.717, 1.165) is 25.7 Å². The Balaban J connectivity index is 1.90. The van der Waals surface area contributed by atoms with Crippen LogP contribution in [-0.4, -0.2) is 43.1 Å². The van der Waals surface area contributed by atoms with Crippen LogP contribution in [0, 0.1) is 0 Å². The van der Waals surface area contributed by atoms with Crippen molar-refractivity contribution in [3.63, 3.8) is 0 Å². The van der Waals surface area contributed by atoms with Crippen LogP contribution in [0.4, 0.5) is 0 Å². The molecule has 23 heavy (non-hydrogen) atoms. The van der Waals surface area contributed by atoms with Gasteiger partial charge < -0.3 is 14.4 Å². The van der Waals surface area contributed by atoms with Crippen LogP contribution >= 0.6 is 0 Å². The fourth-order valence-electron chi connectivity index (χ4n) is 3.07. The number of likely N-dealkylation sites (N-methyl/N-ethyl adjacent to an activating group) is 1. The first-order valence-corrected chi connectivity index (χ1v) is 8.26. The molecule has 1 aromatic rings. The van der Waals surface area contributed by atoms with Gasteiger partial charge in [0.25, 0.3) is 5.91 Å². The van der Waals surface area contributed by atoms with Crippen molar-refractivity contribution < 1.29 is 19.1 Å². The van der Waals surface area contributed by atoms with Crippen LogP contribution in [0.15, 0.2) is 24.3 Å². The molecule has 0 unspecified atom stereocenters. The Kier molecular flexibility index (Phi) is 6.44. The lowest BCUT2D eigenvalue weighted by Gasteiger charge is -2.33. The first-order valence-electron chi connectivity index (χ1n) is 8.26. The number of nitrogens with zero attached hydrogens (tertiary/aromatic N) is 1. The molecule has 0 saturated heterocycles. The van der Waals surface area contributed by atoms with E-state index in [1.54, 1.807) is 24.3 Å². The van der Waals surface area contributed by atoms with Crippen LogP contribution < -0.4 is 4.74 Å². The SMILES string of the molecule is CCN(C(=O)COC(=O)c1cccc(OC)c1)C1CCCCC1. The number of benzene rings is 1. The molecule has 2 rings (SSSR count). The molecule has 1 amide bonds. The lowest BCUT2D eigenvalue weighted by Crippen LogP contribution is -2.43. The molecule has 0 N–H and O–H groups in total. The number of hydrogen-bond acceptors (Lipinski definition) is 4. The molecule has 0 spiro atoms. The van der Waals surface area contributed by atoms with Crippen molar-refractivity contribution >= 4 is 11.9 Å². The number of esters is 1. The molecule has 1 saturated carbocycles. The minimum atomic E-state index is -0.503. The van der Waals surface area contributed by atoms with E-state index in [-0.39, 0.29) is 18.6 Å². The maximum atomic E-state index is 12.4. The highest BCUT2D eigenvalue weighted by atomic mass is 16.5. The van der Waals surface area contributed by atoms with Gasteiger partial charge in [0.05, 0.1) is 12.7 Å². The second-order valence-electron chi connectivity index (χ2n) is 5.78. The van der Waals surface area contributed by atoms with E-state index >= 15 is 0 Å². The van der Waals surface area contributed by atoms with Gasteiger partial charge in [-0.1, -0.05) is 25.3 Å². The van der Waals surface area contributed by atoms with Crippen molar-refractivity contribution in [1.29, 1.82) is 0 Å². The lowest BCUT2D eigenvalue weighted by atomic mass is 9.94. The number of amides is 1. The third-order valence-corrected chi connectivity index (χ3v) is 4.31. The Labute approximate surface area is 137 Å². The minimum Gasteiger partial charge on any atom is -0.497 e. The maximum absolute atomic E-state index is 12.4. The Bertz CT molecular complexity index is 538. The molecule has 1 aromatic carbocycles. The molecule has 0 atom stereocenters. The zero-order valence-corrected chi connectivity index (χ0v) is 13.9. The Morgan fingerprint density at radius 2 is 1.96 bits per heavy atom. The number of ether oxygens (including phenoxy) is 2. The largest absolute Gasteiger partial charge is 0.497 e. The monoisotopic (exact) mass is 319 g/mol. The normalized spacial score (nSPS) is 15.0. The van der Waals surface area contributed by atoms with Gasteiger partial charge in [0.1, 0.15) is 5.75 Å². The Morgan fingerprint density at radius 3 is 2.61 bits per heavy atom. The van der Waals surface area contributed by atoms with Crippen molar-refractivity contribution in [2.45, 2.75) is 45.1 Å². The molecule has 126 valence electrons. The average molecular weight is 319 g/mol. The average Bonchev–Trinajstić information content (AvgIpc) is 2.61. The minimum absolute atomic E-state index is 0.115. The second-order valence-corrected chi connectivity index (χ2v) is 5.78. The molecule has 1 aliphatic rings. The second kappa shape index (κ2) is 8.56. The zero-order chi connectivity index (χ0) is 16.7. The molecule has 0 heterocycles. The van der Waals surface area contributed by atoms with E-state index < -0.39 is 5.97 Å². The highest BCUT2D eigenvalue weighted by Crippen LogP contribution is 2.22. The van der Waals surface area contributed by atoms with Gasteiger partial charge in [-0.05, 0) is 38.0 Å². The molecule has 0 aromatic heterocycles. The molecule has 1 aliphatic carbocycles. The smallest absolute Gasteiger partial charge is 0.338 e. The molecule has 5 nitrogen and oxygen atoms in total. The number of carbonyl (C=O) groups excluding carboxylic acids is 2. The lowest BCUT2D eigenvalue weighted by molar-refractivity contribution is -0.137. The number of hydrogen-bond donors (Lipinski definition) is 0. The zero-order valence-electron chi connectivity index (χ0n) is 13.9. The summed E-state index contributed by atoms with van der Waals surface area (Å²) in [4.78, 5) is 26.3. The van der Waals surface area contributed by atoms with E-state index in [4.69, 9.17) is 9.47 Å². The first kappa shape index (κ1) is 17.3. The van der Waals surface area contributed by atoms with Crippen LogP contribution in [0.5, 0.6) is 5.75 Å². The van der Waals surface area contributed by atoms with Gasteiger partial charge in [0.15, 0.2) is 6.61 Å². The van der Waals surface area contributed by atoms with Gasteiger partial charge in [0, 0.05) is 12.6 Å². The summed E-state index contributed by atoms with van der Waals surface area (Å²) in [5.41, 5.74) is 0.387. The number of rotatable bonds is 6. The third kappa shape index (κ3) is 4.71. The molecule has 5 heteroatoms. The highest BCUT2D eigenvalue weighted by molar-refractivity contribution is 5.91. The van der Waals surface area contributed by atoms with Gasteiger partial charge >= 0.3 is 5.97 Å². The van der Waals surface area contributed by atoms with Gasteiger partial charge in [-0.3, -0.25) is 4.79 Å². The number of methoxy groups -OCH3 is 1. The van der Waals surface area contributed by atoms with Crippen molar-refractivity contribution in [2.24, 2.45) is 0 Å². The predicted octanol–water partition coefficient (Wildman–Crippen LogP) is 3.03. The van der Waals surface area contributed by atoms with E-state index in [9.17, 15) is 9.59 Å². The Hall–Kier alpha value is -2.04. The third-order valence-electron chi connectivity index (χ3n) is 4.31. The molecule has 0 radical (unpaired) electrons. The molecule has 1 fully saturated rings. The van der Waals surface area contributed by atoms with Gasteiger partial charge in [0.2, 0.25) is 0 Å². The summed E-state index contributed by atoms with van der Waals surface area (Å²) in [5, 5.41) is 0. The van der Waals surface area contributed by atoms with Gasteiger partial charge in [-0.2, -0.15) is 0 Å². The maximum Gasteiger partial charge on any atom is 0.338 e. The summed E-state index contributed by atoms with van der Waals surface area (Å²) in [6.07, 6.45) is 5.66. The van der Waals surface area contributed by atoms with E-state index in [1.165, 1.54) is 13.5 Å². The summed E-state index contributed by atoms with van der Waals surface area (Å²) < 4.78 is 10.3. The van der Waals surface area contributed by atoms with E-state index in [2.05, 4.69) is 0 Å². The van der Waals surface area contributed by atoms with Crippen molar-refractivity contribution in [3.05, 3.63) is 29.8 Å². The van der Waals surface area contributed by atoms with Crippen LogP contribution in [0.2, 0.25) is 0 Å². The summed E-state index contributed by atoms with van der Waals surface area (Å²) in [7, 11) is 1.54. The van der Waals surface area contributed by atoms with Crippen molar-refractivity contribution in [3.8, 4) is 5.75 Å². The van der Waals surface area contributed by atoms with Crippen LogP contribution in [0.25, 0.3) is 0 Å². The Morgan fingerprint density at radius 1 is 1.22 bits per heavy atom. The fourth-order valence-corrected chi connectivity index (χ4v) is 3.07. The quantitative estimate of drug-likeness (QED) is 0.756. The van der Waals surface area contributed by atoms with Crippen LogP contribution in [-0.2, 0) is 9.53 Å². The summed E-state index contributed by atoms with van der Waals surface area (Å²) in [6.45, 7) is 2.41. The van der Waals surface area contributed by atoms with Crippen LogP contribution in [0.1, 0.15) is 49.4 Å². The molecule has 0 bridgehead atoms. The summed E-state index contributed by atoms with van der Waals surface area (Å²) >= 11 is 0. The van der Waals surface area contributed by atoms with E-state index in [1.807, 2.05) is 11.8 Å². The summed E-state index contributed by atoms with van der Waals surface area (Å²) in [5.74, 6) is -0.0317. The molecule has 0 aliphatic heterocycles. The predicted molar refractivity (Wildman–Crippen MR) is 87.5 cm³/mol. The van der Waals surface area contributed by atoms with Gasteiger partial charge in [-0.15, -0.1) is 0 Å². The van der Waals surface area contributed by atoms with E-state index in [0.29, 0.717) is 17.9 Å². The molecular weight excluding hydrogens is 294 g/mol. The number of carbonyl (C=O) groups is 2. The fraction of sp³-hybridized carbons (Fsp3) is 0.556. The van der Waals surface area contributed by atoms with Crippen LogP contribution in [0.3, 0.4) is 0 Å². The first-order chi connectivity index (χ1) is 11.2. The summed E-state index contributed by atoms with van der Waals surface area (Å²) in [6, 6.07) is 7.01. The standard InChI is InChI=1S/C18H25NO4/c1-3-19(15-9-5-4-6-10-15)17(20)13-23-18(21)14-8-7-11-16(12-14)22-2/h7-8,11-12,15H,3-6,9-10,13H2,1-2H3.